The minimum atomic E-state index is -0.407. The van der Waals surface area contributed by atoms with Crippen molar-refractivity contribution in [1.82, 2.24) is 19.9 Å². The lowest BCUT2D eigenvalue weighted by molar-refractivity contribution is -0.383. The predicted molar refractivity (Wildman–Crippen MR) is 124 cm³/mol. The quantitative estimate of drug-likeness (QED) is 0.406. The van der Waals surface area contributed by atoms with Gasteiger partial charge in [0, 0.05) is 58.6 Å². The zero-order valence-electron chi connectivity index (χ0n) is 18.5. The molecule has 3 aromatic heterocycles. The number of hydrogen-bond donors (Lipinski definition) is 0. The van der Waals surface area contributed by atoms with Crippen molar-refractivity contribution >= 4 is 29.0 Å². The molecule has 0 aromatic carbocycles. The second-order valence-corrected chi connectivity index (χ2v) is 8.05. The molecule has 0 atom stereocenters. The SMILES string of the molecule is O=C(c1ccco1)N1CCN(c2ncnc(N3CCN(c4ccccn4)CC3)c2[N+](=O)[O-])CC1. The van der Waals surface area contributed by atoms with E-state index in [1.165, 1.54) is 12.6 Å². The molecule has 0 unspecified atom stereocenters. The molecule has 0 N–H and O–H groups in total. The first-order valence-electron chi connectivity index (χ1n) is 11.1. The molecule has 0 aliphatic carbocycles. The Balaban J connectivity index is 1.30. The Morgan fingerprint density at radius 3 is 2.06 bits per heavy atom. The summed E-state index contributed by atoms with van der Waals surface area (Å²) in [5, 5.41) is 12.1. The molecule has 2 aliphatic rings. The summed E-state index contributed by atoms with van der Waals surface area (Å²) in [6.45, 7) is 4.21. The summed E-state index contributed by atoms with van der Waals surface area (Å²) >= 11 is 0. The van der Waals surface area contributed by atoms with Crippen LogP contribution in [0.5, 0.6) is 0 Å². The second-order valence-electron chi connectivity index (χ2n) is 8.05. The molecule has 5 heterocycles. The summed E-state index contributed by atoms with van der Waals surface area (Å²) in [6.07, 6.45) is 4.60. The van der Waals surface area contributed by atoms with Crippen LogP contribution in [0.15, 0.2) is 53.5 Å². The van der Waals surface area contributed by atoms with Crippen LogP contribution in [0, 0.1) is 10.1 Å². The summed E-state index contributed by atoms with van der Waals surface area (Å²) < 4.78 is 5.20. The summed E-state index contributed by atoms with van der Waals surface area (Å²) in [4.78, 5) is 44.8. The van der Waals surface area contributed by atoms with E-state index in [1.54, 1.807) is 23.2 Å². The van der Waals surface area contributed by atoms with E-state index < -0.39 is 4.92 Å². The maximum absolute atomic E-state index is 12.5. The van der Waals surface area contributed by atoms with Gasteiger partial charge in [0.1, 0.15) is 12.1 Å². The highest BCUT2D eigenvalue weighted by atomic mass is 16.6. The van der Waals surface area contributed by atoms with Crippen molar-refractivity contribution < 1.29 is 14.1 Å². The Labute approximate surface area is 195 Å². The zero-order chi connectivity index (χ0) is 23.5. The molecule has 2 saturated heterocycles. The van der Waals surface area contributed by atoms with E-state index in [9.17, 15) is 14.9 Å². The van der Waals surface area contributed by atoms with E-state index in [2.05, 4.69) is 19.9 Å². The van der Waals surface area contributed by atoms with Crippen molar-refractivity contribution in [3.8, 4) is 0 Å². The van der Waals surface area contributed by atoms with Gasteiger partial charge in [0.25, 0.3) is 5.91 Å². The van der Waals surface area contributed by atoms with E-state index in [4.69, 9.17) is 4.42 Å². The molecule has 1 amide bonds. The average molecular weight is 464 g/mol. The van der Waals surface area contributed by atoms with E-state index in [1.807, 2.05) is 28.0 Å². The Kier molecular flexibility index (Phi) is 5.93. The van der Waals surface area contributed by atoms with Gasteiger partial charge in [-0.1, -0.05) is 6.07 Å². The number of aromatic nitrogens is 3. The van der Waals surface area contributed by atoms with E-state index in [0.29, 0.717) is 58.2 Å². The number of carbonyl (C=O) groups excluding carboxylic acids is 1. The van der Waals surface area contributed by atoms with Crippen LogP contribution in [0.1, 0.15) is 10.6 Å². The number of anilines is 3. The Morgan fingerprint density at radius 1 is 0.853 bits per heavy atom. The van der Waals surface area contributed by atoms with Gasteiger partial charge in [0.15, 0.2) is 5.76 Å². The Bertz CT molecular complexity index is 1140. The smallest absolute Gasteiger partial charge is 0.353 e. The number of furan rings is 1. The van der Waals surface area contributed by atoms with Crippen LogP contribution >= 0.6 is 0 Å². The van der Waals surface area contributed by atoms with Gasteiger partial charge in [-0.2, -0.15) is 0 Å². The number of rotatable bonds is 5. The lowest BCUT2D eigenvalue weighted by atomic mass is 10.2. The molecule has 3 aromatic rings. The fourth-order valence-electron chi connectivity index (χ4n) is 4.35. The van der Waals surface area contributed by atoms with Crippen molar-refractivity contribution in [2.24, 2.45) is 0 Å². The minimum absolute atomic E-state index is 0.0976. The number of amides is 1. The molecule has 34 heavy (non-hydrogen) atoms. The minimum Gasteiger partial charge on any atom is -0.459 e. The van der Waals surface area contributed by atoms with E-state index >= 15 is 0 Å². The number of nitro groups is 1. The van der Waals surface area contributed by atoms with Crippen LogP contribution in [0.2, 0.25) is 0 Å². The second kappa shape index (κ2) is 9.33. The van der Waals surface area contributed by atoms with Crippen LogP contribution in [0.4, 0.5) is 23.1 Å². The van der Waals surface area contributed by atoms with Crippen molar-refractivity contribution in [3.63, 3.8) is 0 Å². The molecule has 0 radical (unpaired) electrons. The third-order valence-corrected chi connectivity index (χ3v) is 6.12. The topological polar surface area (TPSA) is 125 Å². The highest BCUT2D eigenvalue weighted by Crippen LogP contribution is 2.35. The molecule has 0 spiro atoms. The largest absolute Gasteiger partial charge is 0.459 e. The van der Waals surface area contributed by atoms with Crippen LogP contribution < -0.4 is 14.7 Å². The van der Waals surface area contributed by atoms with Crippen molar-refractivity contribution in [2.75, 3.05) is 67.1 Å². The summed E-state index contributed by atoms with van der Waals surface area (Å²) in [7, 11) is 0. The van der Waals surface area contributed by atoms with E-state index in [0.717, 1.165) is 5.82 Å². The fourth-order valence-corrected chi connectivity index (χ4v) is 4.35. The molecule has 5 rings (SSSR count). The van der Waals surface area contributed by atoms with Crippen molar-refractivity contribution in [3.05, 3.63) is 65.0 Å². The molecule has 12 nitrogen and oxygen atoms in total. The lowest BCUT2D eigenvalue weighted by Crippen LogP contribution is -2.49. The standard InChI is InChI=1S/C22H24N8O4/c31-22(17-4-3-15-34-17)29-13-11-28(12-14-29)21-19(30(32)33)20(24-16-25-21)27-9-7-26(8-10-27)18-5-1-2-6-23-18/h1-6,15-16H,7-14H2. The summed E-state index contributed by atoms with van der Waals surface area (Å²) in [6, 6.07) is 9.07. The number of carbonyl (C=O) groups is 1. The molecular weight excluding hydrogens is 440 g/mol. The van der Waals surface area contributed by atoms with Crippen LogP contribution in [0.25, 0.3) is 0 Å². The average Bonchev–Trinajstić information content (AvgIpc) is 3.44. The third kappa shape index (κ3) is 4.21. The predicted octanol–water partition coefficient (Wildman–Crippen LogP) is 1.66. The molecular formula is C22H24N8O4. The maximum Gasteiger partial charge on any atom is 0.353 e. The molecule has 12 heteroatoms. The fraction of sp³-hybridized carbons (Fsp3) is 0.364. The van der Waals surface area contributed by atoms with Gasteiger partial charge in [0.2, 0.25) is 11.6 Å². The molecule has 2 aliphatic heterocycles. The van der Waals surface area contributed by atoms with E-state index in [-0.39, 0.29) is 23.2 Å². The monoisotopic (exact) mass is 464 g/mol. The highest BCUT2D eigenvalue weighted by molar-refractivity contribution is 5.91. The van der Waals surface area contributed by atoms with Crippen molar-refractivity contribution in [1.29, 1.82) is 0 Å². The normalized spacial score (nSPS) is 16.6. The van der Waals surface area contributed by atoms with Gasteiger partial charge < -0.3 is 24.0 Å². The first kappa shape index (κ1) is 21.6. The zero-order valence-corrected chi connectivity index (χ0v) is 18.5. The number of hydrogen-bond acceptors (Lipinski definition) is 10. The Morgan fingerprint density at radius 2 is 1.50 bits per heavy atom. The maximum atomic E-state index is 12.5. The van der Waals surface area contributed by atoms with Crippen LogP contribution in [0.3, 0.4) is 0 Å². The molecule has 176 valence electrons. The van der Waals surface area contributed by atoms with Gasteiger partial charge in [-0.15, -0.1) is 0 Å². The lowest BCUT2D eigenvalue weighted by Gasteiger charge is -2.37. The van der Waals surface area contributed by atoms with Gasteiger partial charge >= 0.3 is 5.69 Å². The number of nitrogens with zero attached hydrogens (tertiary/aromatic N) is 8. The van der Waals surface area contributed by atoms with Gasteiger partial charge in [-0.3, -0.25) is 14.9 Å². The molecule has 0 saturated carbocycles. The first-order valence-corrected chi connectivity index (χ1v) is 11.1. The van der Waals surface area contributed by atoms with Gasteiger partial charge in [-0.25, -0.2) is 15.0 Å². The summed E-state index contributed by atoms with van der Waals surface area (Å²) in [5.41, 5.74) is -0.0976. The van der Waals surface area contributed by atoms with Gasteiger partial charge in [-0.05, 0) is 24.3 Å². The Hall–Kier alpha value is -4.22. The number of pyridine rings is 1. The van der Waals surface area contributed by atoms with Crippen molar-refractivity contribution in [2.45, 2.75) is 0 Å². The van der Waals surface area contributed by atoms with Gasteiger partial charge in [0.05, 0.1) is 11.2 Å². The first-order chi connectivity index (χ1) is 16.6. The van der Waals surface area contributed by atoms with Crippen LogP contribution in [-0.4, -0.2) is 83.0 Å². The summed E-state index contributed by atoms with van der Waals surface area (Å²) in [5.74, 6) is 1.60. The molecule has 0 bridgehead atoms. The number of piperazine rings is 2. The van der Waals surface area contributed by atoms with Crippen LogP contribution in [-0.2, 0) is 0 Å². The third-order valence-electron chi connectivity index (χ3n) is 6.12. The highest BCUT2D eigenvalue weighted by Gasteiger charge is 2.34. The molecule has 2 fully saturated rings.